The molecule has 0 radical (unpaired) electrons. The summed E-state index contributed by atoms with van der Waals surface area (Å²) in [6.45, 7) is 4.40. The molecule has 0 spiro atoms. The zero-order valence-electron chi connectivity index (χ0n) is 10.7. The summed E-state index contributed by atoms with van der Waals surface area (Å²) in [7, 11) is 0. The van der Waals surface area contributed by atoms with Gasteiger partial charge < -0.3 is 0 Å². The lowest BCUT2D eigenvalue weighted by molar-refractivity contribution is 0.453. The van der Waals surface area contributed by atoms with Crippen molar-refractivity contribution in [3.8, 4) is 0 Å². The standard InChI is InChI=1S/C14H19FN2S/c1-9(2)3-5-12(17-16)14-8-10-7-11(15)4-6-13(10)18-14/h4,6-9,12,17H,3,5,16H2,1-2H3. The van der Waals surface area contributed by atoms with Crippen LogP contribution >= 0.6 is 11.3 Å². The Bertz CT molecular complexity index is 521. The summed E-state index contributed by atoms with van der Waals surface area (Å²) < 4.78 is 14.3. The summed E-state index contributed by atoms with van der Waals surface area (Å²) in [6, 6.07) is 7.10. The maximum Gasteiger partial charge on any atom is 0.123 e. The average Bonchev–Trinajstić information content (AvgIpc) is 2.72. The van der Waals surface area contributed by atoms with E-state index in [-0.39, 0.29) is 11.9 Å². The second-order valence-corrected chi connectivity index (χ2v) is 6.14. The van der Waals surface area contributed by atoms with Gasteiger partial charge in [0, 0.05) is 9.58 Å². The molecule has 1 aromatic carbocycles. The van der Waals surface area contributed by atoms with E-state index in [1.807, 2.05) is 12.1 Å². The molecule has 1 heterocycles. The summed E-state index contributed by atoms with van der Waals surface area (Å²) in [5.74, 6) is 6.10. The SMILES string of the molecule is CC(C)CCC(NN)c1cc2cc(F)ccc2s1. The van der Waals surface area contributed by atoms with E-state index in [0.717, 1.165) is 22.9 Å². The monoisotopic (exact) mass is 266 g/mol. The van der Waals surface area contributed by atoms with Crippen molar-refractivity contribution in [3.63, 3.8) is 0 Å². The van der Waals surface area contributed by atoms with E-state index in [2.05, 4.69) is 19.3 Å². The number of hydrogen-bond acceptors (Lipinski definition) is 3. The maximum absolute atomic E-state index is 13.1. The number of fused-ring (bicyclic) bond motifs is 1. The molecule has 18 heavy (non-hydrogen) atoms. The summed E-state index contributed by atoms with van der Waals surface area (Å²) in [5, 5.41) is 0.958. The first kappa shape index (κ1) is 13.5. The maximum atomic E-state index is 13.1. The fourth-order valence-corrected chi connectivity index (χ4v) is 3.15. The molecule has 0 fully saturated rings. The third-order valence-electron chi connectivity index (χ3n) is 3.07. The van der Waals surface area contributed by atoms with Gasteiger partial charge in [-0.2, -0.15) is 0 Å². The smallest absolute Gasteiger partial charge is 0.123 e. The van der Waals surface area contributed by atoms with Crippen molar-refractivity contribution >= 4 is 21.4 Å². The molecule has 0 amide bonds. The third-order valence-corrected chi connectivity index (χ3v) is 4.30. The lowest BCUT2D eigenvalue weighted by Crippen LogP contribution is -2.27. The van der Waals surface area contributed by atoms with Crippen LogP contribution in [0, 0.1) is 11.7 Å². The summed E-state index contributed by atoms with van der Waals surface area (Å²) in [4.78, 5) is 1.18. The number of hydrogen-bond donors (Lipinski definition) is 2. The molecule has 3 N–H and O–H groups in total. The Morgan fingerprint density at radius 3 is 2.72 bits per heavy atom. The highest BCUT2D eigenvalue weighted by molar-refractivity contribution is 7.19. The predicted molar refractivity (Wildman–Crippen MR) is 75.9 cm³/mol. The molecule has 0 aliphatic heterocycles. The van der Waals surface area contributed by atoms with E-state index in [4.69, 9.17) is 5.84 Å². The minimum absolute atomic E-state index is 0.160. The molecule has 2 nitrogen and oxygen atoms in total. The van der Waals surface area contributed by atoms with Crippen molar-refractivity contribution in [1.82, 2.24) is 5.43 Å². The molecule has 1 unspecified atom stereocenters. The van der Waals surface area contributed by atoms with E-state index in [1.165, 1.54) is 10.9 Å². The molecule has 0 saturated heterocycles. The summed E-state index contributed by atoms with van der Waals surface area (Å²) >= 11 is 1.68. The number of nitrogens with two attached hydrogens (primary N) is 1. The van der Waals surface area contributed by atoms with E-state index in [0.29, 0.717) is 5.92 Å². The van der Waals surface area contributed by atoms with Crippen LogP contribution in [0.5, 0.6) is 0 Å². The Hall–Kier alpha value is -0.970. The van der Waals surface area contributed by atoms with Gasteiger partial charge in [-0.15, -0.1) is 11.3 Å². The van der Waals surface area contributed by atoms with Crippen molar-refractivity contribution in [2.45, 2.75) is 32.7 Å². The quantitative estimate of drug-likeness (QED) is 0.634. The number of halogens is 1. The van der Waals surface area contributed by atoms with Crippen LogP contribution in [0.3, 0.4) is 0 Å². The molecule has 0 saturated carbocycles. The van der Waals surface area contributed by atoms with E-state index in [9.17, 15) is 4.39 Å². The van der Waals surface area contributed by atoms with Gasteiger partial charge >= 0.3 is 0 Å². The van der Waals surface area contributed by atoms with Crippen LogP contribution in [0.25, 0.3) is 10.1 Å². The predicted octanol–water partition coefficient (Wildman–Crippen LogP) is 3.98. The first-order valence-corrected chi connectivity index (χ1v) is 7.07. The minimum atomic E-state index is -0.189. The highest BCUT2D eigenvalue weighted by atomic mass is 32.1. The summed E-state index contributed by atoms with van der Waals surface area (Å²) in [6.07, 6.45) is 2.13. The number of thiophene rings is 1. The number of rotatable bonds is 5. The van der Waals surface area contributed by atoms with Crippen LogP contribution in [-0.2, 0) is 0 Å². The third kappa shape index (κ3) is 3.07. The van der Waals surface area contributed by atoms with E-state index < -0.39 is 0 Å². The van der Waals surface area contributed by atoms with Crippen molar-refractivity contribution in [2.75, 3.05) is 0 Å². The van der Waals surface area contributed by atoms with Gasteiger partial charge in [0.15, 0.2) is 0 Å². The topological polar surface area (TPSA) is 38.0 Å². The number of nitrogens with one attached hydrogen (secondary N) is 1. The second kappa shape index (κ2) is 5.78. The molecular formula is C14H19FN2S. The Morgan fingerprint density at radius 1 is 1.28 bits per heavy atom. The van der Waals surface area contributed by atoms with Crippen LogP contribution in [0.2, 0.25) is 0 Å². The van der Waals surface area contributed by atoms with Gasteiger partial charge in [-0.1, -0.05) is 13.8 Å². The van der Waals surface area contributed by atoms with Gasteiger partial charge in [0.25, 0.3) is 0 Å². The molecule has 1 aromatic heterocycles. The molecule has 98 valence electrons. The zero-order chi connectivity index (χ0) is 13.1. The molecule has 0 aliphatic carbocycles. The first-order chi connectivity index (χ1) is 8.60. The first-order valence-electron chi connectivity index (χ1n) is 6.25. The van der Waals surface area contributed by atoms with Crippen LogP contribution < -0.4 is 11.3 Å². The van der Waals surface area contributed by atoms with E-state index in [1.54, 1.807) is 17.4 Å². The molecule has 0 bridgehead atoms. The van der Waals surface area contributed by atoms with E-state index >= 15 is 0 Å². The van der Waals surface area contributed by atoms with Crippen molar-refractivity contribution in [2.24, 2.45) is 11.8 Å². The largest absolute Gasteiger partial charge is 0.271 e. The number of benzene rings is 1. The van der Waals surface area contributed by atoms with Gasteiger partial charge in [-0.25, -0.2) is 4.39 Å². The normalized spacial score (nSPS) is 13.4. The molecule has 1 atom stereocenters. The summed E-state index contributed by atoms with van der Waals surface area (Å²) in [5.41, 5.74) is 2.87. The minimum Gasteiger partial charge on any atom is -0.271 e. The molecule has 0 aliphatic rings. The Balaban J connectivity index is 2.22. The van der Waals surface area contributed by atoms with Crippen LogP contribution in [0.1, 0.15) is 37.6 Å². The van der Waals surface area contributed by atoms with Crippen molar-refractivity contribution in [3.05, 3.63) is 35.0 Å². The van der Waals surface area contributed by atoms with Gasteiger partial charge in [0.05, 0.1) is 6.04 Å². The number of hydrazine groups is 1. The van der Waals surface area contributed by atoms with Gasteiger partial charge in [0.2, 0.25) is 0 Å². The fraction of sp³-hybridized carbons (Fsp3) is 0.429. The lowest BCUT2D eigenvalue weighted by Gasteiger charge is -2.15. The van der Waals surface area contributed by atoms with Crippen molar-refractivity contribution in [1.29, 1.82) is 0 Å². The Labute approximate surface area is 111 Å². The Morgan fingerprint density at radius 2 is 2.06 bits per heavy atom. The van der Waals surface area contributed by atoms with Crippen molar-refractivity contribution < 1.29 is 4.39 Å². The highest BCUT2D eigenvalue weighted by Gasteiger charge is 2.13. The fourth-order valence-electron chi connectivity index (χ4n) is 2.01. The second-order valence-electron chi connectivity index (χ2n) is 5.02. The highest BCUT2D eigenvalue weighted by Crippen LogP contribution is 2.32. The molecule has 2 aromatic rings. The molecule has 4 heteroatoms. The van der Waals surface area contributed by atoms with Crippen LogP contribution in [0.4, 0.5) is 4.39 Å². The Kier molecular flexibility index (Phi) is 4.32. The van der Waals surface area contributed by atoms with Gasteiger partial charge in [-0.05, 0) is 48.4 Å². The molecular weight excluding hydrogens is 247 g/mol. The van der Waals surface area contributed by atoms with Gasteiger partial charge in [-0.3, -0.25) is 11.3 Å². The average molecular weight is 266 g/mol. The van der Waals surface area contributed by atoms with Gasteiger partial charge in [0.1, 0.15) is 5.82 Å². The zero-order valence-corrected chi connectivity index (χ0v) is 11.6. The van der Waals surface area contributed by atoms with Crippen LogP contribution in [-0.4, -0.2) is 0 Å². The molecule has 2 rings (SSSR count). The van der Waals surface area contributed by atoms with Crippen LogP contribution in [0.15, 0.2) is 24.3 Å². The lowest BCUT2D eigenvalue weighted by atomic mass is 10.0.